The van der Waals surface area contributed by atoms with Gasteiger partial charge < -0.3 is 5.11 Å². The van der Waals surface area contributed by atoms with Crippen LogP contribution in [-0.2, 0) is 14.8 Å². The van der Waals surface area contributed by atoms with Gasteiger partial charge in [-0.3, -0.25) is 9.78 Å². The van der Waals surface area contributed by atoms with Crippen molar-refractivity contribution >= 4 is 26.9 Å². The lowest BCUT2D eigenvalue weighted by Crippen LogP contribution is -2.34. The fourth-order valence-corrected chi connectivity index (χ4v) is 3.58. The van der Waals surface area contributed by atoms with E-state index in [1.54, 1.807) is 30.5 Å². The first-order valence-corrected chi connectivity index (χ1v) is 8.00. The van der Waals surface area contributed by atoms with Crippen LogP contribution in [0.5, 0.6) is 0 Å². The average molecular weight is 306 g/mol. The topological polar surface area (TPSA) is 96.4 Å². The maximum atomic E-state index is 12.4. The second kappa shape index (κ2) is 4.78. The molecule has 1 heterocycles. The Labute approximate surface area is 121 Å². The van der Waals surface area contributed by atoms with Gasteiger partial charge in [0.2, 0.25) is 10.0 Å². The van der Waals surface area contributed by atoms with Gasteiger partial charge in [-0.15, -0.1) is 0 Å². The Morgan fingerprint density at radius 3 is 2.71 bits per heavy atom. The van der Waals surface area contributed by atoms with Crippen molar-refractivity contribution in [3.63, 3.8) is 0 Å². The molecule has 0 atom stereocenters. The Balaban J connectivity index is 1.92. The SMILES string of the molecule is O=C(O)C1(CNS(=O)(=O)c2cccc3ncccc23)CC1. The Bertz CT molecular complexity index is 807. The number of benzene rings is 1. The van der Waals surface area contributed by atoms with Crippen LogP contribution in [-0.4, -0.2) is 31.0 Å². The highest BCUT2D eigenvalue weighted by Crippen LogP contribution is 2.45. The van der Waals surface area contributed by atoms with Gasteiger partial charge in [0.1, 0.15) is 0 Å². The Hall–Kier alpha value is -1.99. The van der Waals surface area contributed by atoms with E-state index in [1.807, 2.05) is 0 Å². The molecule has 7 heteroatoms. The van der Waals surface area contributed by atoms with Crippen LogP contribution >= 0.6 is 0 Å². The number of carbonyl (C=O) groups is 1. The lowest BCUT2D eigenvalue weighted by atomic mass is 10.1. The van der Waals surface area contributed by atoms with E-state index in [2.05, 4.69) is 9.71 Å². The van der Waals surface area contributed by atoms with Crippen molar-refractivity contribution in [3.8, 4) is 0 Å². The van der Waals surface area contributed by atoms with Gasteiger partial charge in [0.25, 0.3) is 0 Å². The first-order valence-electron chi connectivity index (χ1n) is 6.51. The fourth-order valence-electron chi connectivity index (χ4n) is 2.24. The quantitative estimate of drug-likeness (QED) is 0.870. The Kier molecular flexibility index (Phi) is 3.18. The summed E-state index contributed by atoms with van der Waals surface area (Å²) in [5.74, 6) is -0.954. The molecule has 1 aliphatic rings. The number of aromatic nitrogens is 1. The zero-order chi connectivity index (χ0) is 15.1. The van der Waals surface area contributed by atoms with E-state index in [0.29, 0.717) is 23.7 Å². The summed E-state index contributed by atoms with van der Waals surface area (Å²) in [7, 11) is -3.77. The zero-order valence-corrected chi connectivity index (χ0v) is 11.9. The van der Waals surface area contributed by atoms with Crippen LogP contribution in [0.2, 0.25) is 0 Å². The molecule has 1 aromatic carbocycles. The number of pyridine rings is 1. The third-order valence-electron chi connectivity index (χ3n) is 3.80. The number of rotatable bonds is 5. The molecule has 2 N–H and O–H groups in total. The smallest absolute Gasteiger partial charge is 0.310 e. The summed E-state index contributed by atoms with van der Waals surface area (Å²) in [6, 6.07) is 8.19. The summed E-state index contributed by atoms with van der Waals surface area (Å²) >= 11 is 0. The number of hydrogen-bond acceptors (Lipinski definition) is 4. The summed E-state index contributed by atoms with van der Waals surface area (Å²) in [5.41, 5.74) is -0.352. The molecule has 110 valence electrons. The summed E-state index contributed by atoms with van der Waals surface area (Å²) < 4.78 is 27.2. The monoisotopic (exact) mass is 306 g/mol. The van der Waals surface area contributed by atoms with Crippen molar-refractivity contribution in [1.82, 2.24) is 9.71 Å². The number of aliphatic carboxylic acids is 1. The summed E-state index contributed by atoms with van der Waals surface area (Å²) in [4.78, 5) is 15.3. The van der Waals surface area contributed by atoms with Crippen LogP contribution in [0.25, 0.3) is 10.9 Å². The van der Waals surface area contributed by atoms with E-state index in [9.17, 15) is 13.2 Å². The maximum absolute atomic E-state index is 12.4. The molecule has 0 saturated heterocycles. The van der Waals surface area contributed by atoms with E-state index in [-0.39, 0.29) is 11.4 Å². The molecular weight excluding hydrogens is 292 g/mol. The molecule has 2 aromatic rings. The highest BCUT2D eigenvalue weighted by molar-refractivity contribution is 7.89. The third kappa shape index (κ3) is 2.50. The molecule has 0 amide bonds. The van der Waals surface area contributed by atoms with E-state index >= 15 is 0 Å². The number of carboxylic acids is 1. The number of nitrogens with one attached hydrogen (secondary N) is 1. The van der Waals surface area contributed by atoms with Crippen molar-refractivity contribution in [3.05, 3.63) is 36.5 Å². The van der Waals surface area contributed by atoms with Gasteiger partial charge in [-0.25, -0.2) is 13.1 Å². The average Bonchev–Trinajstić information content (AvgIpc) is 3.26. The first kappa shape index (κ1) is 14.0. The molecule has 0 radical (unpaired) electrons. The van der Waals surface area contributed by atoms with Crippen LogP contribution in [0, 0.1) is 5.41 Å². The predicted molar refractivity (Wildman–Crippen MR) is 76.2 cm³/mol. The normalized spacial score (nSPS) is 16.8. The summed E-state index contributed by atoms with van der Waals surface area (Å²) in [5, 5.41) is 9.62. The van der Waals surface area contributed by atoms with E-state index in [1.165, 1.54) is 6.07 Å². The van der Waals surface area contributed by atoms with E-state index in [4.69, 9.17) is 5.11 Å². The van der Waals surface area contributed by atoms with Gasteiger partial charge in [-0.05, 0) is 37.1 Å². The second-order valence-electron chi connectivity index (χ2n) is 5.24. The molecule has 3 rings (SSSR count). The fraction of sp³-hybridized carbons (Fsp3) is 0.286. The Morgan fingerprint density at radius 2 is 2.05 bits per heavy atom. The van der Waals surface area contributed by atoms with Crippen LogP contribution in [0.4, 0.5) is 0 Å². The molecule has 1 aromatic heterocycles. The number of nitrogens with zero attached hydrogens (tertiary/aromatic N) is 1. The third-order valence-corrected chi connectivity index (χ3v) is 5.26. The molecule has 6 nitrogen and oxygen atoms in total. The summed E-state index contributed by atoms with van der Waals surface area (Å²) in [6.07, 6.45) is 2.60. The van der Waals surface area contributed by atoms with Gasteiger partial charge in [0, 0.05) is 18.1 Å². The standard InChI is InChI=1S/C14H14N2O4S/c17-13(18)14(6-7-14)9-16-21(19,20)12-5-1-4-11-10(12)3-2-8-15-11/h1-5,8,16H,6-7,9H2,(H,17,18). The van der Waals surface area contributed by atoms with Crippen molar-refractivity contribution in [2.75, 3.05) is 6.54 Å². The molecule has 0 bridgehead atoms. The minimum absolute atomic E-state index is 0.0820. The molecule has 1 aliphatic carbocycles. The van der Waals surface area contributed by atoms with Crippen LogP contribution in [0.15, 0.2) is 41.4 Å². The van der Waals surface area contributed by atoms with Crippen molar-refractivity contribution < 1.29 is 18.3 Å². The summed E-state index contributed by atoms with van der Waals surface area (Å²) in [6.45, 7) is -0.0820. The van der Waals surface area contributed by atoms with Gasteiger partial charge in [-0.1, -0.05) is 6.07 Å². The lowest BCUT2D eigenvalue weighted by molar-refractivity contribution is -0.143. The molecule has 21 heavy (non-hydrogen) atoms. The predicted octanol–water partition coefficient (Wildman–Crippen LogP) is 1.38. The number of sulfonamides is 1. The van der Waals surface area contributed by atoms with Crippen molar-refractivity contribution in [2.24, 2.45) is 5.41 Å². The van der Waals surface area contributed by atoms with Crippen molar-refractivity contribution in [1.29, 1.82) is 0 Å². The Morgan fingerprint density at radius 1 is 1.29 bits per heavy atom. The van der Waals surface area contributed by atoms with Crippen LogP contribution < -0.4 is 4.72 Å². The lowest BCUT2D eigenvalue weighted by Gasteiger charge is -2.12. The number of carboxylic acid groups (broad SMARTS) is 1. The van der Waals surface area contributed by atoms with Crippen LogP contribution in [0.1, 0.15) is 12.8 Å². The largest absolute Gasteiger partial charge is 0.481 e. The zero-order valence-electron chi connectivity index (χ0n) is 11.1. The minimum atomic E-state index is -3.77. The van der Waals surface area contributed by atoms with Crippen LogP contribution in [0.3, 0.4) is 0 Å². The highest BCUT2D eigenvalue weighted by atomic mass is 32.2. The van der Waals surface area contributed by atoms with Gasteiger partial charge >= 0.3 is 5.97 Å². The molecule has 0 spiro atoms. The molecular formula is C14H14N2O4S. The molecule has 0 aliphatic heterocycles. The maximum Gasteiger partial charge on any atom is 0.310 e. The number of fused-ring (bicyclic) bond motifs is 1. The van der Waals surface area contributed by atoms with E-state index in [0.717, 1.165) is 0 Å². The first-order chi connectivity index (χ1) is 9.95. The molecule has 0 unspecified atom stereocenters. The number of hydrogen-bond donors (Lipinski definition) is 2. The van der Waals surface area contributed by atoms with Gasteiger partial charge in [-0.2, -0.15) is 0 Å². The second-order valence-corrected chi connectivity index (χ2v) is 6.97. The van der Waals surface area contributed by atoms with Gasteiger partial charge in [0.15, 0.2) is 0 Å². The molecule has 1 saturated carbocycles. The van der Waals surface area contributed by atoms with E-state index < -0.39 is 21.4 Å². The van der Waals surface area contributed by atoms with Gasteiger partial charge in [0.05, 0.1) is 15.8 Å². The highest BCUT2D eigenvalue weighted by Gasteiger charge is 2.50. The minimum Gasteiger partial charge on any atom is -0.481 e. The van der Waals surface area contributed by atoms with Crippen molar-refractivity contribution in [2.45, 2.75) is 17.7 Å². The molecule has 1 fully saturated rings.